The van der Waals surface area contributed by atoms with Gasteiger partial charge in [-0.05, 0) is 122 Å². The molecule has 0 amide bonds. The lowest BCUT2D eigenvalue weighted by Gasteiger charge is -2.36. The smallest absolute Gasteiger partial charge is 0.252 e. The maximum Gasteiger partial charge on any atom is 0.252 e. The van der Waals surface area contributed by atoms with Crippen molar-refractivity contribution in [3.8, 4) is 11.4 Å². The molecule has 56 heavy (non-hydrogen) atoms. The summed E-state index contributed by atoms with van der Waals surface area (Å²) in [6.45, 7) is 34.2. The standard InChI is InChI=1S/C52H56BN3/c1-15-17-41(54-16-2)30-22-44-46-45(23-30)56-43-21-19-32(50(6,7)8)25-36(43)38-27-34(52(12,13)14)29-40(48(38)56)53(46)39-28-33(51(9,10)11)26-37-35-24-31(49(3,4)5)18-20-42(35)55(44)47(37)39/h15-29H,1H2,2-14H3/b41-17-,54-16-. The van der Waals surface area contributed by atoms with Crippen LogP contribution in [0.3, 0.4) is 0 Å². The van der Waals surface area contributed by atoms with E-state index in [2.05, 4.69) is 172 Å². The van der Waals surface area contributed by atoms with Gasteiger partial charge in [-0.25, -0.2) is 0 Å². The van der Waals surface area contributed by atoms with Crippen LogP contribution in [0.2, 0.25) is 0 Å². The Labute approximate surface area is 333 Å². The third-order valence-corrected chi connectivity index (χ3v) is 12.6. The molecule has 9 rings (SSSR count). The summed E-state index contributed by atoms with van der Waals surface area (Å²) < 4.78 is 5.19. The van der Waals surface area contributed by atoms with E-state index in [0.717, 1.165) is 11.3 Å². The number of benzene rings is 5. The van der Waals surface area contributed by atoms with Gasteiger partial charge in [0.2, 0.25) is 0 Å². The molecule has 5 aromatic carbocycles. The van der Waals surface area contributed by atoms with E-state index in [1.165, 1.54) is 93.6 Å². The minimum Gasteiger partial charge on any atom is -0.310 e. The lowest BCUT2D eigenvalue weighted by molar-refractivity contribution is 0.590. The fourth-order valence-corrected chi connectivity index (χ4v) is 9.48. The summed E-state index contributed by atoms with van der Waals surface area (Å²) >= 11 is 0. The molecule has 4 heterocycles. The Hall–Kier alpha value is -5.09. The molecular weight excluding hydrogens is 677 g/mol. The quantitative estimate of drug-likeness (QED) is 0.0980. The Balaban J connectivity index is 1.55. The summed E-state index contributed by atoms with van der Waals surface area (Å²) in [6.07, 6.45) is 5.80. The number of fused-ring (bicyclic) bond motifs is 10. The maximum absolute atomic E-state index is 4.93. The van der Waals surface area contributed by atoms with E-state index in [0.29, 0.717) is 0 Å². The summed E-state index contributed by atoms with van der Waals surface area (Å²) in [7, 11) is 0. The van der Waals surface area contributed by atoms with Crippen LogP contribution in [0, 0.1) is 0 Å². The molecule has 0 saturated carbocycles. The second kappa shape index (κ2) is 11.7. The van der Waals surface area contributed by atoms with Gasteiger partial charge in [0.15, 0.2) is 0 Å². The molecule has 7 aromatic rings. The van der Waals surface area contributed by atoms with Gasteiger partial charge >= 0.3 is 0 Å². The van der Waals surface area contributed by atoms with Crippen molar-refractivity contribution >= 4 is 78.6 Å². The monoisotopic (exact) mass is 733 g/mol. The summed E-state index contributed by atoms with van der Waals surface area (Å²) in [5.41, 5.74) is 19.2. The molecule has 0 unspecified atom stereocenters. The topological polar surface area (TPSA) is 22.2 Å². The van der Waals surface area contributed by atoms with Gasteiger partial charge < -0.3 is 9.13 Å². The number of aromatic nitrogens is 2. The Bertz CT molecular complexity index is 2730. The van der Waals surface area contributed by atoms with E-state index in [1.54, 1.807) is 0 Å². The zero-order valence-corrected chi connectivity index (χ0v) is 35.8. The lowest BCUT2D eigenvalue weighted by atomic mass is 9.34. The van der Waals surface area contributed by atoms with Crippen LogP contribution in [0.1, 0.15) is 118 Å². The highest BCUT2D eigenvalue weighted by Crippen LogP contribution is 2.44. The zero-order valence-electron chi connectivity index (χ0n) is 35.8. The second-order valence-corrected chi connectivity index (χ2v) is 20.6. The van der Waals surface area contributed by atoms with Gasteiger partial charge in [0, 0.05) is 55.7 Å². The average Bonchev–Trinajstić information content (AvgIpc) is 3.63. The van der Waals surface area contributed by atoms with Crippen LogP contribution in [0.4, 0.5) is 0 Å². The van der Waals surface area contributed by atoms with E-state index in [9.17, 15) is 0 Å². The van der Waals surface area contributed by atoms with Crippen LogP contribution in [-0.2, 0) is 21.7 Å². The van der Waals surface area contributed by atoms with Crippen molar-refractivity contribution in [2.45, 2.75) is 112 Å². The number of hydrogen-bond donors (Lipinski definition) is 0. The third-order valence-electron chi connectivity index (χ3n) is 12.6. The van der Waals surface area contributed by atoms with Gasteiger partial charge in [-0.3, -0.25) is 4.99 Å². The van der Waals surface area contributed by atoms with Gasteiger partial charge in [-0.15, -0.1) is 0 Å². The first-order valence-electron chi connectivity index (χ1n) is 20.5. The SMILES string of the molecule is C=C/C=C(\N=C/C)c1cc2c3c(c1)-n1c4ccc(C(C)(C)C)cc4c4cc(C(C)(C)C)cc(c41)B3c1cc(C(C)(C)C)cc3c4cc(C(C)(C)C)ccc4n-2c13. The summed E-state index contributed by atoms with van der Waals surface area (Å²) in [5, 5.41) is 5.31. The third kappa shape index (κ3) is 5.20. The molecule has 0 saturated heterocycles. The first kappa shape index (κ1) is 36.5. The molecule has 0 radical (unpaired) electrons. The van der Waals surface area contributed by atoms with Gasteiger partial charge in [0.25, 0.3) is 6.71 Å². The molecule has 0 atom stereocenters. The van der Waals surface area contributed by atoms with Crippen LogP contribution in [0.25, 0.3) is 60.7 Å². The second-order valence-electron chi connectivity index (χ2n) is 20.6. The van der Waals surface area contributed by atoms with E-state index >= 15 is 0 Å². The molecule has 0 N–H and O–H groups in total. The molecule has 4 heteroatoms. The number of rotatable bonds is 3. The summed E-state index contributed by atoms with van der Waals surface area (Å²) in [4.78, 5) is 4.93. The lowest BCUT2D eigenvalue weighted by Crippen LogP contribution is -2.59. The highest BCUT2D eigenvalue weighted by Gasteiger charge is 2.43. The Morgan fingerprint density at radius 2 is 0.964 bits per heavy atom. The van der Waals surface area contributed by atoms with E-state index in [-0.39, 0.29) is 28.4 Å². The predicted molar refractivity (Wildman–Crippen MR) is 247 cm³/mol. The number of aliphatic imine (C=N–C) groups is 1. The predicted octanol–water partition coefficient (Wildman–Crippen LogP) is 11.8. The fourth-order valence-electron chi connectivity index (χ4n) is 9.48. The van der Waals surface area contributed by atoms with Gasteiger partial charge in [-0.2, -0.15) is 0 Å². The normalized spacial score (nSPS) is 14.6. The Morgan fingerprint density at radius 1 is 0.554 bits per heavy atom. The van der Waals surface area contributed by atoms with Crippen molar-refractivity contribution in [3.05, 3.63) is 119 Å². The van der Waals surface area contributed by atoms with Crippen molar-refractivity contribution in [2.75, 3.05) is 0 Å². The van der Waals surface area contributed by atoms with Crippen molar-refractivity contribution < 1.29 is 0 Å². The van der Waals surface area contributed by atoms with Crippen LogP contribution >= 0.6 is 0 Å². The summed E-state index contributed by atoms with van der Waals surface area (Å²) in [6, 6.07) is 29.3. The largest absolute Gasteiger partial charge is 0.310 e. The Morgan fingerprint density at radius 3 is 1.34 bits per heavy atom. The summed E-state index contributed by atoms with van der Waals surface area (Å²) in [5.74, 6) is 0. The van der Waals surface area contributed by atoms with Crippen molar-refractivity contribution in [3.63, 3.8) is 0 Å². The Kier molecular flexibility index (Phi) is 7.65. The molecule has 2 aromatic heterocycles. The van der Waals surface area contributed by atoms with Gasteiger partial charge in [0.05, 0.1) is 16.7 Å². The van der Waals surface area contributed by atoms with Crippen LogP contribution < -0.4 is 16.4 Å². The molecule has 3 nitrogen and oxygen atoms in total. The highest BCUT2D eigenvalue weighted by atomic mass is 15.0. The first-order valence-corrected chi connectivity index (χ1v) is 20.5. The molecule has 2 aliphatic heterocycles. The maximum atomic E-state index is 4.93. The van der Waals surface area contributed by atoms with E-state index < -0.39 is 0 Å². The molecule has 2 aliphatic rings. The number of hydrogen-bond acceptors (Lipinski definition) is 1. The van der Waals surface area contributed by atoms with Gasteiger partial charge in [0.1, 0.15) is 0 Å². The molecule has 0 bridgehead atoms. The van der Waals surface area contributed by atoms with Crippen molar-refractivity contribution in [2.24, 2.45) is 4.99 Å². The van der Waals surface area contributed by atoms with Crippen LogP contribution in [0.15, 0.2) is 96.5 Å². The van der Waals surface area contributed by atoms with Crippen LogP contribution in [0.5, 0.6) is 0 Å². The van der Waals surface area contributed by atoms with Crippen LogP contribution in [-0.4, -0.2) is 22.1 Å². The zero-order chi connectivity index (χ0) is 40.0. The fraction of sp³-hybridized carbons (Fsp3) is 0.327. The molecule has 0 aliphatic carbocycles. The van der Waals surface area contributed by atoms with Crippen molar-refractivity contribution in [1.82, 2.24) is 9.13 Å². The molecule has 0 fully saturated rings. The molecular formula is C52H56BN3. The minimum atomic E-state index is -0.0360. The van der Waals surface area contributed by atoms with Crippen molar-refractivity contribution in [1.29, 1.82) is 0 Å². The minimum absolute atomic E-state index is 0.0238. The van der Waals surface area contributed by atoms with E-state index in [4.69, 9.17) is 4.99 Å². The van der Waals surface area contributed by atoms with E-state index in [1.807, 2.05) is 25.3 Å². The van der Waals surface area contributed by atoms with Gasteiger partial charge in [-0.1, -0.05) is 120 Å². The number of allylic oxidation sites excluding steroid dienone is 2. The number of nitrogens with zero attached hydrogens (tertiary/aromatic N) is 3. The average molecular weight is 734 g/mol. The highest BCUT2D eigenvalue weighted by molar-refractivity contribution is 7.00. The first-order chi connectivity index (χ1) is 26.2. The molecule has 282 valence electrons. The molecule has 0 spiro atoms.